The van der Waals surface area contributed by atoms with Gasteiger partial charge in [0, 0.05) is 6.92 Å². The normalized spacial score (nSPS) is 11.7. The van der Waals surface area contributed by atoms with Gasteiger partial charge in [0.05, 0.1) is 12.3 Å². The molecule has 0 saturated heterocycles. The van der Waals surface area contributed by atoms with Gasteiger partial charge in [0.15, 0.2) is 6.10 Å². The molecule has 1 atom stereocenters. The lowest BCUT2D eigenvalue weighted by atomic mass is 10.1. The molecule has 6 heteroatoms. The fourth-order valence-electron chi connectivity index (χ4n) is 1.43. The molecule has 1 amide bonds. The van der Waals surface area contributed by atoms with Crippen LogP contribution in [0.1, 0.15) is 25.5 Å². The highest BCUT2D eigenvalue weighted by molar-refractivity contribution is 5.90. The number of hydrogen-bond acceptors (Lipinski definition) is 4. The standard InChI is InChI=1S/C12H15NO5/c1-3-18-10-5-4-8(11(15)12(16)17)6-9(10)13-7(2)14/h4-6,11,15H,3H2,1-2H3,(H,13,14)(H,16,17). The van der Waals surface area contributed by atoms with E-state index in [1.165, 1.54) is 25.1 Å². The van der Waals surface area contributed by atoms with Crippen molar-refractivity contribution >= 4 is 17.6 Å². The zero-order chi connectivity index (χ0) is 13.7. The summed E-state index contributed by atoms with van der Waals surface area (Å²) in [7, 11) is 0. The number of nitrogens with one attached hydrogen (secondary N) is 1. The third kappa shape index (κ3) is 3.46. The molecular formula is C12H15NO5. The molecule has 6 nitrogen and oxygen atoms in total. The summed E-state index contributed by atoms with van der Waals surface area (Å²) in [5.74, 6) is -1.24. The second kappa shape index (κ2) is 6.02. The predicted molar refractivity (Wildman–Crippen MR) is 64.5 cm³/mol. The number of carboxylic acids is 1. The molecule has 0 aliphatic carbocycles. The molecule has 0 radical (unpaired) electrons. The van der Waals surface area contributed by atoms with Crippen molar-refractivity contribution in [3.05, 3.63) is 23.8 Å². The highest BCUT2D eigenvalue weighted by Gasteiger charge is 2.18. The lowest BCUT2D eigenvalue weighted by Gasteiger charge is -2.13. The van der Waals surface area contributed by atoms with Crippen molar-refractivity contribution in [2.45, 2.75) is 20.0 Å². The maximum absolute atomic E-state index is 11.0. The Morgan fingerprint density at radius 3 is 2.61 bits per heavy atom. The molecule has 18 heavy (non-hydrogen) atoms. The molecule has 0 saturated carbocycles. The summed E-state index contributed by atoms with van der Waals surface area (Å²) in [6, 6.07) is 4.33. The van der Waals surface area contributed by atoms with E-state index in [1.54, 1.807) is 6.92 Å². The van der Waals surface area contributed by atoms with Gasteiger partial charge in [0.25, 0.3) is 0 Å². The Hall–Kier alpha value is -2.08. The molecule has 1 aromatic rings. The monoisotopic (exact) mass is 253 g/mol. The van der Waals surface area contributed by atoms with Crippen LogP contribution >= 0.6 is 0 Å². The van der Waals surface area contributed by atoms with Crippen LogP contribution in [0.2, 0.25) is 0 Å². The zero-order valence-electron chi connectivity index (χ0n) is 10.1. The van der Waals surface area contributed by atoms with E-state index >= 15 is 0 Å². The first-order valence-corrected chi connectivity index (χ1v) is 5.41. The Labute approximate surface area is 104 Å². The van der Waals surface area contributed by atoms with Crippen molar-refractivity contribution in [2.24, 2.45) is 0 Å². The number of aliphatic hydroxyl groups is 1. The van der Waals surface area contributed by atoms with Crippen molar-refractivity contribution in [1.82, 2.24) is 0 Å². The lowest BCUT2D eigenvalue weighted by Crippen LogP contribution is -2.12. The number of hydrogen-bond donors (Lipinski definition) is 3. The lowest BCUT2D eigenvalue weighted by molar-refractivity contribution is -0.146. The van der Waals surface area contributed by atoms with Crippen LogP contribution in [-0.4, -0.2) is 28.7 Å². The second-order valence-electron chi connectivity index (χ2n) is 3.61. The number of carbonyl (C=O) groups excluding carboxylic acids is 1. The molecule has 0 aromatic heterocycles. The Morgan fingerprint density at radius 1 is 1.44 bits per heavy atom. The van der Waals surface area contributed by atoms with Gasteiger partial charge in [-0.3, -0.25) is 4.79 Å². The quantitative estimate of drug-likeness (QED) is 0.731. The maximum atomic E-state index is 11.0. The van der Waals surface area contributed by atoms with Crippen LogP contribution in [0.4, 0.5) is 5.69 Å². The summed E-state index contributed by atoms with van der Waals surface area (Å²) in [6.45, 7) is 3.53. The van der Waals surface area contributed by atoms with E-state index in [0.29, 0.717) is 18.0 Å². The number of carboxylic acid groups (broad SMARTS) is 1. The largest absolute Gasteiger partial charge is 0.492 e. The minimum Gasteiger partial charge on any atom is -0.492 e. The van der Waals surface area contributed by atoms with Crippen LogP contribution in [0.3, 0.4) is 0 Å². The molecule has 0 bridgehead atoms. The molecule has 0 fully saturated rings. The molecule has 3 N–H and O–H groups in total. The summed E-state index contributed by atoms with van der Waals surface area (Å²) in [5, 5.41) is 20.7. The minimum atomic E-state index is -1.63. The van der Waals surface area contributed by atoms with Gasteiger partial charge in [0.2, 0.25) is 5.91 Å². The fourth-order valence-corrected chi connectivity index (χ4v) is 1.43. The van der Waals surface area contributed by atoms with E-state index in [4.69, 9.17) is 9.84 Å². The van der Waals surface area contributed by atoms with Crippen molar-refractivity contribution in [3.8, 4) is 5.75 Å². The van der Waals surface area contributed by atoms with Gasteiger partial charge in [0.1, 0.15) is 5.75 Å². The molecule has 1 unspecified atom stereocenters. The first-order valence-electron chi connectivity index (χ1n) is 5.41. The first kappa shape index (κ1) is 14.0. The smallest absolute Gasteiger partial charge is 0.337 e. The molecule has 0 heterocycles. The first-order chi connectivity index (χ1) is 8.45. The third-order valence-corrected chi connectivity index (χ3v) is 2.16. The molecule has 0 aliphatic rings. The van der Waals surface area contributed by atoms with Crippen LogP contribution < -0.4 is 10.1 Å². The third-order valence-electron chi connectivity index (χ3n) is 2.16. The number of benzene rings is 1. The summed E-state index contributed by atoms with van der Waals surface area (Å²) in [5.41, 5.74) is 0.511. The minimum absolute atomic E-state index is 0.176. The van der Waals surface area contributed by atoms with Crippen molar-refractivity contribution in [2.75, 3.05) is 11.9 Å². The van der Waals surface area contributed by atoms with Crippen molar-refractivity contribution in [1.29, 1.82) is 0 Å². The van der Waals surface area contributed by atoms with Crippen molar-refractivity contribution in [3.63, 3.8) is 0 Å². The van der Waals surface area contributed by atoms with Gasteiger partial charge in [-0.1, -0.05) is 6.07 Å². The number of amides is 1. The van der Waals surface area contributed by atoms with E-state index in [0.717, 1.165) is 0 Å². The van der Waals surface area contributed by atoms with E-state index in [2.05, 4.69) is 5.32 Å². The zero-order valence-corrected chi connectivity index (χ0v) is 10.1. The molecular weight excluding hydrogens is 238 g/mol. The highest BCUT2D eigenvalue weighted by Crippen LogP contribution is 2.28. The van der Waals surface area contributed by atoms with E-state index in [1.807, 2.05) is 0 Å². The second-order valence-corrected chi connectivity index (χ2v) is 3.61. The summed E-state index contributed by atoms with van der Waals surface area (Å²) >= 11 is 0. The van der Waals surface area contributed by atoms with Crippen LogP contribution in [0, 0.1) is 0 Å². The Bertz CT molecular complexity index is 458. The average Bonchev–Trinajstić information content (AvgIpc) is 2.30. The van der Waals surface area contributed by atoms with Crippen LogP contribution in [-0.2, 0) is 9.59 Å². The highest BCUT2D eigenvalue weighted by atomic mass is 16.5. The van der Waals surface area contributed by atoms with Crippen molar-refractivity contribution < 1.29 is 24.5 Å². The average molecular weight is 253 g/mol. The number of rotatable bonds is 5. The summed E-state index contributed by atoms with van der Waals surface area (Å²) in [6.07, 6.45) is -1.63. The number of ether oxygens (including phenoxy) is 1. The Kier molecular flexibility index (Phi) is 4.67. The van der Waals surface area contributed by atoms with E-state index in [-0.39, 0.29) is 11.5 Å². The fraction of sp³-hybridized carbons (Fsp3) is 0.333. The van der Waals surface area contributed by atoms with Gasteiger partial charge >= 0.3 is 5.97 Å². The predicted octanol–water partition coefficient (Wildman–Crippen LogP) is 1.16. The summed E-state index contributed by atoms with van der Waals surface area (Å²) in [4.78, 5) is 21.7. The van der Waals surface area contributed by atoms with Crippen LogP contribution in [0.5, 0.6) is 5.75 Å². The molecule has 1 rings (SSSR count). The molecule has 1 aromatic carbocycles. The Morgan fingerprint density at radius 2 is 2.11 bits per heavy atom. The number of aliphatic hydroxyl groups excluding tert-OH is 1. The van der Waals surface area contributed by atoms with Gasteiger partial charge in [-0.25, -0.2) is 4.79 Å². The van der Waals surface area contributed by atoms with Gasteiger partial charge in [-0.05, 0) is 24.6 Å². The van der Waals surface area contributed by atoms with Gasteiger partial charge in [-0.2, -0.15) is 0 Å². The van der Waals surface area contributed by atoms with E-state index < -0.39 is 12.1 Å². The SMILES string of the molecule is CCOc1ccc(C(O)C(=O)O)cc1NC(C)=O. The molecule has 0 aliphatic heterocycles. The molecule has 98 valence electrons. The summed E-state index contributed by atoms with van der Waals surface area (Å²) < 4.78 is 5.29. The number of carbonyl (C=O) groups is 2. The van der Waals surface area contributed by atoms with Crippen LogP contribution in [0.15, 0.2) is 18.2 Å². The Balaban J connectivity index is 3.11. The van der Waals surface area contributed by atoms with Gasteiger partial charge in [-0.15, -0.1) is 0 Å². The van der Waals surface area contributed by atoms with Crippen LogP contribution in [0.25, 0.3) is 0 Å². The maximum Gasteiger partial charge on any atom is 0.337 e. The number of anilines is 1. The van der Waals surface area contributed by atoms with Gasteiger partial charge < -0.3 is 20.3 Å². The topological polar surface area (TPSA) is 95.9 Å². The number of aliphatic carboxylic acids is 1. The van der Waals surface area contributed by atoms with E-state index in [9.17, 15) is 14.7 Å². The molecule has 0 spiro atoms.